The summed E-state index contributed by atoms with van der Waals surface area (Å²) in [6.45, 7) is 10.3. The SMILES string of the molecule is CCC(C)C(=O)N1CC(CNC(=O)Cc2ccc(F)cn2)CC(C)(C)C1. The molecule has 2 atom stereocenters. The van der Waals surface area contributed by atoms with Gasteiger partial charge in [-0.1, -0.05) is 27.7 Å². The molecule has 1 saturated heterocycles. The topological polar surface area (TPSA) is 62.3 Å². The van der Waals surface area contributed by atoms with Gasteiger partial charge in [0.25, 0.3) is 0 Å². The van der Waals surface area contributed by atoms with Crippen molar-refractivity contribution in [2.75, 3.05) is 19.6 Å². The number of pyridine rings is 1. The van der Waals surface area contributed by atoms with Gasteiger partial charge in [0, 0.05) is 31.2 Å². The molecule has 6 heteroatoms. The molecule has 0 spiro atoms. The summed E-state index contributed by atoms with van der Waals surface area (Å²) < 4.78 is 12.9. The standard InChI is InChI=1S/C20H30FN3O2/c1-5-14(2)19(26)24-12-15(9-20(3,4)13-24)10-23-18(25)8-17-7-6-16(21)11-22-17/h6-7,11,14-15H,5,8-10,12-13H2,1-4H3,(H,23,25). The van der Waals surface area contributed by atoms with Crippen LogP contribution in [0.25, 0.3) is 0 Å². The number of carbonyl (C=O) groups is 2. The van der Waals surface area contributed by atoms with Gasteiger partial charge in [0.2, 0.25) is 11.8 Å². The first-order chi connectivity index (χ1) is 12.2. The fraction of sp³-hybridized carbons (Fsp3) is 0.650. The lowest BCUT2D eigenvalue weighted by Crippen LogP contribution is -2.51. The fourth-order valence-electron chi connectivity index (χ4n) is 3.59. The minimum atomic E-state index is -0.412. The van der Waals surface area contributed by atoms with E-state index >= 15 is 0 Å². The van der Waals surface area contributed by atoms with Gasteiger partial charge in [-0.25, -0.2) is 4.39 Å². The van der Waals surface area contributed by atoms with E-state index in [9.17, 15) is 14.0 Å². The molecule has 2 amide bonds. The predicted molar refractivity (Wildman–Crippen MR) is 98.8 cm³/mol. The van der Waals surface area contributed by atoms with Gasteiger partial charge in [-0.2, -0.15) is 0 Å². The Kier molecular flexibility index (Phi) is 6.73. The highest BCUT2D eigenvalue weighted by Gasteiger charge is 2.35. The first kappa shape index (κ1) is 20.3. The van der Waals surface area contributed by atoms with E-state index in [1.807, 2.05) is 18.7 Å². The molecule has 0 aliphatic carbocycles. The van der Waals surface area contributed by atoms with Crippen LogP contribution in [0, 0.1) is 23.1 Å². The van der Waals surface area contributed by atoms with Crippen LogP contribution in [0.1, 0.15) is 46.2 Å². The number of aromatic nitrogens is 1. The van der Waals surface area contributed by atoms with Crippen LogP contribution >= 0.6 is 0 Å². The molecule has 26 heavy (non-hydrogen) atoms. The number of piperidine rings is 1. The molecule has 1 fully saturated rings. The van der Waals surface area contributed by atoms with E-state index in [1.54, 1.807) is 0 Å². The zero-order valence-electron chi connectivity index (χ0n) is 16.2. The van der Waals surface area contributed by atoms with Crippen molar-refractivity contribution in [3.05, 3.63) is 29.8 Å². The molecule has 1 N–H and O–H groups in total. The summed E-state index contributed by atoms with van der Waals surface area (Å²) in [7, 11) is 0. The largest absolute Gasteiger partial charge is 0.355 e. The molecule has 144 valence electrons. The van der Waals surface area contributed by atoms with Crippen LogP contribution in [0.4, 0.5) is 4.39 Å². The van der Waals surface area contributed by atoms with Crippen molar-refractivity contribution in [1.29, 1.82) is 0 Å². The maximum Gasteiger partial charge on any atom is 0.226 e. The van der Waals surface area contributed by atoms with E-state index in [1.165, 1.54) is 12.1 Å². The normalized spacial score (nSPS) is 20.5. The number of hydrogen-bond acceptors (Lipinski definition) is 3. The number of rotatable bonds is 6. The van der Waals surface area contributed by atoms with Crippen molar-refractivity contribution < 1.29 is 14.0 Å². The van der Waals surface area contributed by atoms with Crippen molar-refractivity contribution in [3.8, 4) is 0 Å². The number of nitrogens with zero attached hydrogens (tertiary/aromatic N) is 2. The maximum atomic E-state index is 12.9. The number of nitrogens with one attached hydrogen (secondary N) is 1. The molecule has 1 aromatic heterocycles. The van der Waals surface area contributed by atoms with Gasteiger partial charge in [-0.3, -0.25) is 14.6 Å². The zero-order valence-corrected chi connectivity index (χ0v) is 16.2. The van der Waals surface area contributed by atoms with E-state index in [-0.39, 0.29) is 35.5 Å². The van der Waals surface area contributed by atoms with E-state index in [4.69, 9.17) is 0 Å². The highest BCUT2D eigenvalue weighted by atomic mass is 19.1. The summed E-state index contributed by atoms with van der Waals surface area (Å²) in [6.07, 6.45) is 3.05. The van der Waals surface area contributed by atoms with Crippen LogP contribution < -0.4 is 5.32 Å². The second kappa shape index (κ2) is 8.60. The summed E-state index contributed by atoms with van der Waals surface area (Å²) in [5.41, 5.74) is 0.580. The fourth-order valence-corrected chi connectivity index (χ4v) is 3.59. The summed E-state index contributed by atoms with van der Waals surface area (Å²) in [6, 6.07) is 2.82. The molecule has 5 nitrogen and oxygen atoms in total. The van der Waals surface area contributed by atoms with E-state index < -0.39 is 5.82 Å². The lowest BCUT2D eigenvalue weighted by molar-refractivity contribution is -0.139. The minimum Gasteiger partial charge on any atom is -0.355 e. The molecule has 0 aromatic carbocycles. The highest BCUT2D eigenvalue weighted by Crippen LogP contribution is 2.32. The lowest BCUT2D eigenvalue weighted by atomic mass is 9.78. The first-order valence-corrected chi connectivity index (χ1v) is 9.36. The van der Waals surface area contributed by atoms with Gasteiger partial charge < -0.3 is 10.2 Å². The summed E-state index contributed by atoms with van der Waals surface area (Å²) in [5.74, 6) is -0.0790. The average Bonchev–Trinajstić information content (AvgIpc) is 2.59. The molecule has 0 bridgehead atoms. The number of amides is 2. The van der Waals surface area contributed by atoms with Crippen molar-refractivity contribution in [3.63, 3.8) is 0 Å². The molecular weight excluding hydrogens is 333 g/mol. The summed E-state index contributed by atoms with van der Waals surface area (Å²) >= 11 is 0. The van der Waals surface area contributed by atoms with Crippen molar-refractivity contribution in [1.82, 2.24) is 15.2 Å². The second-order valence-corrected chi connectivity index (χ2v) is 8.21. The third kappa shape index (κ3) is 5.78. The molecule has 0 saturated carbocycles. The third-order valence-corrected chi connectivity index (χ3v) is 5.00. The van der Waals surface area contributed by atoms with Gasteiger partial charge >= 0.3 is 0 Å². The van der Waals surface area contributed by atoms with Crippen LogP contribution in [-0.2, 0) is 16.0 Å². The minimum absolute atomic E-state index is 0.0312. The second-order valence-electron chi connectivity index (χ2n) is 8.21. The van der Waals surface area contributed by atoms with Crippen molar-refractivity contribution in [2.24, 2.45) is 17.3 Å². The monoisotopic (exact) mass is 363 g/mol. The third-order valence-electron chi connectivity index (χ3n) is 5.00. The highest BCUT2D eigenvalue weighted by molar-refractivity contribution is 5.79. The van der Waals surface area contributed by atoms with Crippen molar-refractivity contribution >= 4 is 11.8 Å². The zero-order chi connectivity index (χ0) is 19.3. The Morgan fingerprint density at radius 1 is 1.42 bits per heavy atom. The molecule has 2 heterocycles. The van der Waals surface area contributed by atoms with Crippen LogP contribution in [0.5, 0.6) is 0 Å². The molecule has 1 aliphatic heterocycles. The molecule has 0 radical (unpaired) electrons. The Morgan fingerprint density at radius 3 is 2.77 bits per heavy atom. The number of carbonyl (C=O) groups excluding carboxylic acids is 2. The van der Waals surface area contributed by atoms with Crippen LogP contribution in [-0.4, -0.2) is 41.3 Å². The molecule has 2 unspecified atom stereocenters. The number of hydrogen-bond donors (Lipinski definition) is 1. The van der Waals surface area contributed by atoms with E-state index in [0.717, 1.165) is 25.6 Å². The van der Waals surface area contributed by atoms with Gasteiger partial charge in [0.05, 0.1) is 12.6 Å². The predicted octanol–water partition coefficient (Wildman–Crippen LogP) is 2.80. The number of likely N-dealkylation sites (tertiary alicyclic amines) is 1. The van der Waals surface area contributed by atoms with Gasteiger partial charge in [-0.05, 0) is 36.3 Å². The summed E-state index contributed by atoms with van der Waals surface area (Å²) in [5, 5.41) is 2.95. The van der Waals surface area contributed by atoms with Crippen molar-refractivity contribution in [2.45, 2.75) is 47.0 Å². The average molecular weight is 363 g/mol. The van der Waals surface area contributed by atoms with Gasteiger partial charge in [0.15, 0.2) is 0 Å². The Labute approximate surface area is 155 Å². The lowest BCUT2D eigenvalue weighted by Gasteiger charge is -2.43. The molecule has 1 aromatic rings. The van der Waals surface area contributed by atoms with E-state index in [2.05, 4.69) is 24.1 Å². The molecular formula is C20H30FN3O2. The quantitative estimate of drug-likeness (QED) is 0.845. The van der Waals surface area contributed by atoms with E-state index in [0.29, 0.717) is 18.8 Å². The maximum absolute atomic E-state index is 12.9. The smallest absolute Gasteiger partial charge is 0.226 e. The Morgan fingerprint density at radius 2 is 2.15 bits per heavy atom. The molecule has 2 rings (SSSR count). The Hall–Kier alpha value is -1.98. The van der Waals surface area contributed by atoms with Crippen LogP contribution in [0.15, 0.2) is 18.3 Å². The van der Waals surface area contributed by atoms with Gasteiger partial charge in [-0.15, -0.1) is 0 Å². The Bertz CT molecular complexity index is 630. The Balaban J connectivity index is 1.89. The van der Waals surface area contributed by atoms with Gasteiger partial charge in [0.1, 0.15) is 5.82 Å². The molecule has 1 aliphatic rings. The number of halogens is 1. The van der Waals surface area contributed by atoms with Crippen LogP contribution in [0.2, 0.25) is 0 Å². The first-order valence-electron chi connectivity index (χ1n) is 9.36. The summed E-state index contributed by atoms with van der Waals surface area (Å²) in [4.78, 5) is 30.6. The van der Waals surface area contributed by atoms with Crippen LogP contribution in [0.3, 0.4) is 0 Å².